The van der Waals surface area contributed by atoms with Crippen LogP contribution < -0.4 is 5.73 Å². The molecule has 124 valence electrons. The number of nitrogens with zero attached hydrogens (tertiary/aromatic N) is 3. The summed E-state index contributed by atoms with van der Waals surface area (Å²) in [5.74, 6) is -0.378. The van der Waals surface area contributed by atoms with E-state index in [4.69, 9.17) is 5.73 Å². The lowest BCUT2D eigenvalue weighted by Crippen LogP contribution is -2.30. The number of rotatable bonds is 2. The molecule has 0 fully saturated rings. The zero-order valence-corrected chi connectivity index (χ0v) is 13.9. The zero-order valence-electron chi connectivity index (χ0n) is 13.9. The van der Waals surface area contributed by atoms with E-state index in [0.29, 0.717) is 11.5 Å². The summed E-state index contributed by atoms with van der Waals surface area (Å²) in [6.07, 6.45) is 0. The largest absolute Gasteiger partial charge is 0.400 e. The standard InChI is InChI=1S/C18H19FN4O/c1-10-11(2)21-17(22-12(10)3)14-8-23(9-16(14)20)18(24)13-6-4-5-7-15(13)19/h4-7H,8-9,20H2,1-3H3. The van der Waals surface area contributed by atoms with Crippen LogP contribution in [0, 0.1) is 26.6 Å². The van der Waals surface area contributed by atoms with Gasteiger partial charge in [-0.1, -0.05) is 12.1 Å². The first-order chi connectivity index (χ1) is 11.4. The van der Waals surface area contributed by atoms with Crippen LogP contribution in [0.3, 0.4) is 0 Å². The lowest BCUT2D eigenvalue weighted by Gasteiger charge is -2.17. The quantitative estimate of drug-likeness (QED) is 0.919. The number of nitrogens with two attached hydrogens (primary N) is 1. The zero-order chi connectivity index (χ0) is 17.4. The number of carbonyl (C=O) groups excluding carboxylic acids is 1. The van der Waals surface area contributed by atoms with Gasteiger partial charge in [0.05, 0.1) is 18.7 Å². The van der Waals surface area contributed by atoms with Crippen LogP contribution >= 0.6 is 0 Å². The van der Waals surface area contributed by atoms with Gasteiger partial charge in [-0.05, 0) is 38.5 Å². The average molecular weight is 326 g/mol. The van der Waals surface area contributed by atoms with Crippen LogP contribution in [0.1, 0.15) is 33.1 Å². The van der Waals surface area contributed by atoms with Crippen LogP contribution in [-0.4, -0.2) is 33.9 Å². The molecule has 1 aromatic heterocycles. The minimum atomic E-state index is -0.534. The summed E-state index contributed by atoms with van der Waals surface area (Å²) in [5, 5.41) is 0. The van der Waals surface area contributed by atoms with Crippen LogP contribution in [0.25, 0.3) is 5.57 Å². The Hall–Kier alpha value is -2.76. The number of aryl methyl sites for hydroxylation is 2. The summed E-state index contributed by atoms with van der Waals surface area (Å²) in [6.45, 7) is 6.33. The Kier molecular flexibility index (Phi) is 4.05. The first kappa shape index (κ1) is 16.1. The molecule has 0 saturated heterocycles. The molecule has 1 amide bonds. The SMILES string of the molecule is Cc1nc(C2=C(N)CN(C(=O)c3ccccc3F)C2)nc(C)c1C. The van der Waals surface area contributed by atoms with E-state index in [1.807, 2.05) is 20.8 Å². The van der Waals surface area contributed by atoms with Gasteiger partial charge in [-0.15, -0.1) is 0 Å². The van der Waals surface area contributed by atoms with Crippen LogP contribution in [0.2, 0.25) is 0 Å². The number of amides is 1. The molecule has 2 N–H and O–H groups in total. The number of hydrogen-bond donors (Lipinski definition) is 1. The van der Waals surface area contributed by atoms with Crippen molar-refractivity contribution in [2.45, 2.75) is 20.8 Å². The van der Waals surface area contributed by atoms with Gasteiger partial charge in [0.2, 0.25) is 0 Å². The molecule has 2 heterocycles. The van der Waals surface area contributed by atoms with Crippen molar-refractivity contribution in [1.82, 2.24) is 14.9 Å². The molecule has 1 aromatic carbocycles. The molecule has 5 nitrogen and oxygen atoms in total. The number of halogens is 1. The van der Waals surface area contributed by atoms with Gasteiger partial charge in [0.15, 0.2) is 5.82 Å². The summed E-state index contributed by atoms with van der Waals surface area (Å²) in [6, 6.07) is 5.94. The highest BCUT2D eigenvalue weighted by atomic mass is 19.1. The Morgan fingerprint density at radius 3 is 2.38 bits per heavy atom. The topological polar surface area (TPSA) is 72.1 Å². The van der Waals surface area contributed by atoms with Gasteiger partial charge in [0.25, 0.3) is 5.91 Å². The predicted octanol–water partition coefficient (Wildman–Crippen LogP) is 2.37. The minimum absolute atomic E-state index is 0.0451. The molecule has 1 aliphatic heterocycles. The fourth-order valence-electron chi connectivity index (χ4n) is 2.72. The maximum atomic E-state index is 13.8. The van der Waals surface area contributed by atoms with Gasteiger partial charge in [-0.3, -0.25) is 4.79 Å². The lowest BCUT2D eigenvalue weighted by atomic mass is 10.1. The normalized spacial score (nSPS) is 14.4. The van der Waals surface area contributed by atoms with Gasteiger partial charge in [-0.25, -0.2) is 14.4 Å². The second-order valence-electron chi connectivity index (χ2n) is 5.99. The highest BCUT2D eigenvalue weighted by molar-refractivity contribution is 5.96. The summed E-state index contributed by atoms with van der Waals surface area (Å²) < 4.78 is 13.8. The third-order valence-electron chi connectivity index (χ3n) is 4.39. The second kappa shape index (κ2) is 6.03. The van der Waals surface area contributed by atoms with Gasteiger partial charge in [-0.2, -0.15) is 0 Å². The Bertz CT molecular complexity index is 837. The van der Waals surface area contributed by atoms with Crippen LogP contribution in [0.5, 0.6) is 0 Å². The van der Waals surface area contributed by atoms with Crippen LogP contribution in [0.4, 0.5) is 4.39 Å². The van der Waals surface area contributed by atoms with E-state index in [0.717, 1.165) is 22.5 Å². The first-order valence-electron chi connectivity index (χ1n) is 7.72. The van der Waals surface area contributed by atoms with E-state index in [2.05, 4.69) is 9.97 Å². The Balaban J connectivity index is 1.88. The molecule has 2 aromatic rings. The van der Waals surface area contributed by atoms with Crippen molar-refractivity contribution < 1.29 is 9.18 Å². The third kappa shape index (κ3) is 2.75. The molecule has 1 aliphatic rings. The molecule has 6 heteroatoms. The summed E-state index contributed by atoms with van der Waals surface area (Å²) in [7, 11) is 0. The molecular weight excluding hydrogens is 307 g/mol. The molecule has 0 aliphatic carbocycles. The van der Waals surface area contributed by atoms with Gasteiger partial charge in [0, 0.05) is 22.7 Å². The van der Waals surface area contributed by atoms with Crippen LogP contribution in [0.15, 0.2) is 30.0 Å². The average Bonchev–Trinajstić information content (AvgIpc) is 2.94. The minimum Gasteiger partial charge on any atom is -0.400 e. The van der Waals surface area contributed by atoms with Crippen molar-refractivity contribution >= 4 is 11.5 Å². The van der Waals surface area contributed by atoms with E-state index in [-0.39, 0.29) is 24.6 Å². The van der Waals surface area contributed by atoms with Crippen molar-refractivity contribution in [3.8, 4) is 0 Å². The number of hydrogen-bond acceptors (Lipinski definition) is 4. The summed E-state index contributed by atoms with van der Waals surface area (Å²) >= 11 is 0. The molecule has 0 spiro atoms. The molecule has 0 bridgehead atoms. The maximum Gasteiger partial charge on any atom is 0.257 e. The smallest absolute Gasteiger partial charge is 0.257 e. The van der Waals surface area contributed by atoms with E-state index < -0.39 is 5.82 Å². The molecule has 24 heavy (non-hydrogen) atoms. The molecule has 0 unspecified atom stereocenters. The van der Waals surface area contributed by atoms with E-state index in [1.54, 1.807) is 12.1 Å². The van der Waals surface area contributed by atoms with E-state index in [1.165, 1.54) is 17.0 Å². The van der Waals surface area contributed by atoms with Gasteiger partial charge < -0.3 is 10.6 Å². The number of aromatic nitrogens is 2. The number of benzene rings is 1. The van der Waals surface area contributed by atoms with Crippen molar-refractivity contribution in [3.63, 3.8) is 0 Å². The third-order valence-corrected chi connectivity index (χ3v) is 4.39. The lowest BCUT2D eigenvalue weighted by molar-refractivity contribution is 0.0794. The Morgan fingerprint density at radius 1 is 1.12 bits per heavy atom. The van der Waals surface area contributed by atoms with Gasteiger partial charge >= 0.3 is 0 Å². The predicted molar refractivity (Wildman–Crippen MR) is 89.7 cm³/mol. The fourth-order valence-corrected chi connectivity index (χ4v) is 2.72. The van der Waals surface area contributed by atoms with Gasteiger partial charge in [0.1, 0.15) is 5.82 Å². The molecular formula is C18H19FN4O. The molecule has 0 saturated carbocycles. The Morgan fingerprint density at radius 2 is 1.75 bits per heavy atom. The first-order valence-corrected chi connectivity index (χ1v) is 7.72. The van der Waals surface area contributed by atoms with Crippen LogP contribution in [-0.2, 0) is 0 Å². The van der Waals surface area contributed by atoms with Crippen molar-refractivity contribution in [2.24, 2.45) is 5.73 Å². The summed E-state index contributed by atoms with van der Waals surface area (Å²) in [4.78, 5) is 23.0. The highest BCUT2D eigenvalue weighted by Crippen LogP contribution is 2.25. The molecule has 3 rings (SSSR count). The Labute approximate surface area is 140 Å². The van der Waals surface area contributed by atoms with E-state index >= 15 is 0 Å². The highest BCUT2D eigenvalue weighted by Gasteiger charge is 2.29. The summed E-state index contributed by atoms with van der Waals surface area (Å²) in [5.41, 5.74) is 10.2. The van der Waals surface area contributed by atoms with Crippen molar-refractivity contribution in [3.05, 3.63) is 64.1 Å². The maximum absolute atomic E-state index is 13.8. The molecule has 0 atom stereocenters. The molecule has 0 radical (unpaired) electrons. The number of carbonyl (C=O) groups is 1. The van der Waals surface area contributed by atoms with Crippen molar-refractivity contribution in [2.75, 3.05) is 13.1 Å². The second-order valence-corrected chi connectivity index (χ2v) is 5.99. The fraction of sp³-hybridized carbons (Fsp3) is 0.278. The van der Waals surface area contributed by atoms with E-state index in [9.17, 15) is 9.18 Å². The monoisotopic (exact) mass is 326 g/mol. The van der Waals surface area contributed by atoms with Crippen molar-refractivity contribution in [1.29, 1.82) is 0 Å².